The molecule has 1 N–H and O–H groups in total. The minimum absolute atomic E-state index is 0.0190. The van der Waals surface area contributed by atoms with E-state index >= 15 is 0 Å². The molecule has 0 saturated heterocycles. The highest BCUT2D eigenvalue weighted by Crippen LogP contribution is 2.29. The molecule has 6 heteroatoms. The molecule has 4 rings (SSSR count). The molecule has 0 saturated carbocycles. The van der Waals surface area contributed by atoms with Gasteiger partial charge < -0.3 is 14.6 Å². The Morgan fingerprint density at radius 3 is 2.68 bits per heavy atom. The molecule has 1 aliphatic rings. The van der Waals surface area contributed by atoms with Gasteiger partial charge in [-0.05, 0) is 36.4 Å². The summed E-state index contributed by atoms with van der Waals surface area (Å²) in [6.45, 7) is 1.28. The van der Waals surface area contributed by atoms with Crippen LogP contribution in [0, 0.1) is 0 Å². The van der Waals surface area contributed by atoms with E-state index in [1.165, 1.54) is 5.69 Å². The molecule has 0 aliphatic carbocycles. The number of benzene rings is 2. The van der Waals surface area contributed by atoms with Gasteiger partial charge in [0.15, 0.2) is 6.61 Å². The summed E-state index contributed by atoms with van der Waals surface area (Å²) in [7, 11) is 0. The summed E-state index contributed by atoms with van der Waals surface area (Å²) in [6.07, 6.45) is 0.800. The summed E-state index contributed by atoms with van der Waals surface area (Å²) in [5.41, 5.74) is 3.36. The maximum absolute atomic E-state index is 12.5. The highest BCUT2D eigenvalue weighted by molar-refractivity contribution is 6.31. The number of carbonyl (C=O) groups is 1. The van der Waals surface area contributed by atoms with Crippen molar-refractivity contribution in [1.82, 2.24) is 9.88 Å². The third-order valence-electron chi connectivity index (χ3n) is 4.47. The van der Waals surface area contributed by atoms with Gasteiger partial charge in [0.1, 0.15) is 5.75 Å². The average Bonchev–Trinajstić information content (AvgIpc) is 2.97. The summed E-state index contributed by atoms with van der Waals surface area (Å²) in [6, 6.07) is 12.8. The molecule has 0 bridgehead atoms. The lowest BCUT2D eigenvalue weighted by atomic mass is 10.0. The number of rotatable bonds is 3. The zero-order valence-electron chi connectivity index (χ0n) is 13.4. The van der Waals surface area contributed by atoms with E-state index in [1.807, 2.05) is 23.1 Å². The zero-order valence-corrected chi connectivity index (χ0v) is 14.9. The lowest BCUT2D eigenvalue weighted by molar-refractivity contribution is -0.134. The largest absolute Gasteiger partial charge is 0.484 e. The molecule has 2 aromatic carbocycles. The van der Waals surface area contributed by atoms with Crippen molar-refractivity contribution in [3.63, 3.8) is 0 Å². The Bertz CT molecular complexity index is 934. The van der Waals surface area contributed by atoms with Crippen molar-refractivity contribution in [2.75, 3.05) is 13.2 Å². The van der Waals surface area contributed by atoms with Crippen molar-refractivity contribution in [2.45, 2.75) is 13.0 Å². The van der Waals surface area contributed by atoms with Gasteiger partial charge in [0.2, 0.25) is 0 Å². The van der Waals surface area contributed by atoms with Crippen molar-refractivity contribution in [3.05, 3.63) is 63.8 Å². The number of fused-ring (bicyclic) bond motifs is 3. The molecule has 1 aliphatic heterocycles. The Morgan fingerprint density at radius 2 is 1.88 bits per heavy atom. The highest BCUT2D eigenvalue weighted by Gasteiger charge is 2.24. The first-order valence-electron chi connectivity index (χ1n) is 8.05. The van der Waals surface area contributed by atoms with E-state index in [1.54, 1.807) is 24.3 Å². The van der Waals surface area contributed by atoms with E-state index in [2.05, 4.69) is 4.98 Å². The predicted octanol–water partition coefficient (Wildman–Crippen LogP) is 4.44. The van der Waals surface area contributed by atoms with Gasteiger partial charge in [-0.25, -0.2) is 0 Å². The Kier molecular flexibility index (Phi) is 4.32. The molecule has 0 fully saturated rings. The third kappa shape index (κ3) is 3.32. The summed E-state index contributed by atoms with van der Waals surface area (Å²) < 4.78 is 5.57. The van der Waals surface area contributed by atoms with Crippen LogP contribution in [0.5, 0.6) is 5.75 Å². The van der Waals surface area contributed by atoms with Crippen LogP contribution >= 0.6 is 23.2 Å². The number of ether oxygens (including phenoxy) is 1. The van der Waals surface area contributed by atoms with Crippen molar-refractivity contribution in [1.29, 1.82) is 0 Å². The number of halogens is 2. The van der Waals surface area contributed by atoms with Gasteiger partial charge in [-0.2, -0.15) is 0 Å². The summed E-state index contributed by atoms with van der Waals surface area (Å²) in [5, 5.41) is 2.47. The molecule has 25 heavy (non-hydrogen) atoms. The number of hydrogen-bond donors (Lipinski definition) is 1. The number of hydrogen-bond acceptors (Lipinski definition) is 2. The molecule has 128 valence electrons. The van der Waals surface area contributed by atoms with Crippen LogP contribution in [-0.4, -0.2) is 28.9 Å². The van der Waals surface area contributed by atoms with Gasteiger partial charge >= 0.3 is 0 Å². The Labute approximate surface area is 155 Å². The molecule has 4 nitrogen and oxygen atoms in total. The second kappa shape index (κ2) is 6.62. The van der Waals surface area contributed by atoms with Gasteiger partial charge in [-0.15, -0.1) is 0 Å². The minimum Gasteiger partial charge on any atom is -0.484 e. The number of carbonyl (C=O) groups excluding carboxylic acids is 1. The molecule has 0 atom stereocenters. The Balaban J connectivity index is 1.47. The number of aromatic amines is 1. The van der Waals surface area contributed by atoms with Gasteiger partial charge in [0.05, 0.1) is 0 Å². The van der Waals surface area contributed by atoms with Gasteiger partial charge in [-0.1, -0.05) is 29.3 Å². The SMILES string of the molecule is O=C(COc1ccc(Cl)cc1)N1CCc2[nH]c3cc(Cl)ccc3c2C1. The van der Waals surface area contributed by atoms with Crippen LogP contribution in [0.15, 0.2) is 42.5 Å². The topological polar surface area (TPSA) is 45.3 Å². The van der Waals surface area contributed by atoms with Gasteiger partial charge in [0.25, 0.3) is 5.91 Å². The van der Waals surface area contributed by atoms with Crippen LogP contribution in [0.25, 0.3) is 10.9 Å². The first kappa shape index (κ1) is 16.3. The van der Waals surface area contributed by atoms with Crippen molar-refractivity contribution >= 4 is 40.0 Å². The lowest BCUT2D eigenvalue weighted by Gasteiger charge is -2.27. The van der Waals surface area contributed by atoms with Crippen molar-refractivity contribution in [3.8, 4) is 5.75 Å². The van der Waals surface area contributed by atoms with Crippen molar-refractivity contribution in [2.24, 2.45) is 0 Å². The Hall–Kier alpha value is -2.17. The quantitative estimate of drug-likeness (QED) is 0.736. The van der Waals surface area contributed by atoms with Crippen LogP contribution < -0.4 is 4.74 Å². The smallest absolute Gasteiger partial charge is 0.260 e. The fraction of sp³-hybridized carbons (Fsp3) is 0.211. The molecule has 1 amide bonds. The number of H-pyrrole nitrogens is 1. The molecule has 3 aromatic rings. The maximum atomic E-state index is 12.5. The molecule has 1 aromatic heterocycles. The fourth-order valence-corrected chi connectivity index (χ4v) is 3.47. The maximum Gasteiger partial charge on any atom is 0.260 e. The normalized spacial score (nSPS) is 13.8. The van der Waals surface area contributed by atoms with E-state index in [0.29, 0.717) is 28.9 Å². The molecule has 0 spiro atoms. The van der Waals surface area contributed by atoms with Crippen LogP contribution in [0.2, 0.25) is 10.0 Å². The second-order valence-corrected chi connectivity index (χ2v) is 6.95. The predicted molar refractivity (Wildman–Crippen MR) is 99.4 cm³/mol. The molecule has 2 heterocycles. The standard InChI is InChI=1S/C19H16Cl2N2O2/c20-12-1-4-14(5-2-12)25-11-19(24)23-8-7-17-16(10-23)15-6-3-13(21)9-18(15)22-17/h1-6,9,22H,7-8,10-11H2. The Morgan fingerprint density at radius 1 is 1.12 bits per heavy atom. The minimum atomic E-state index is -0.0242. The molecular formula is C19H16Cl2N2O2. The fourth-order valence-electron chi connectivity index (χ4n) is 3.17. The second-order valence-electron chi connectivity index (χ2n) is 6.08. The monoisotopic (exact) mass is 374 g/mol. The summed E-state index contributed by atoms with van der Waals surface area (Å²) >= 11 is 11.9. The third-order valence-corrected chi connectivity index (χ3v) is 4.95. The van der Waals surface area contributed by atoms with Crippen molar-refractivity contribution < 1.29 is 9.53 Å². The van der Waals surface area contributed by atoms with Crippen LogP contribution in [0.4, 0.5) is 0 Å². The number of amides is 1. The van der Waals surface area contributed by atoms with E-state index in [0.717, 1.165) is 22.9 Å². The molecule has 0 unspecified atom stereocenters. The first-order chi connectivity index (χ1) is 12.1. The number of nitrogens with zero attached hydrogens (tertiary/aromatic N) is 1. The highest BCUT2D eigenvalue weighted by atomic mass is 35.5. The van der Waals surface area contributed by atoms with E-state index in [-0.39, 0.29) is 12.5 Å². The van der Waals surface area contributed by atoms with Gasteiger partial charge in [-0.3, -0.25) is 4.79 Å². The van der Waals surface area contributed by atoms with E-state index in [9.17, 15) is 4.79 Å². The zero-order chi connectivity index (χ0) is 17.4. The average molecular weight is 375 g/mol. The van der Waals surface area contributed by atoms with E-state index < -0.39 is 0 Å². The van der Waals surface area contributed by atoms with Crippen LogP contribution in [-0.2, 0) is 17.8 Å². The van der Waals surface area contributed by atoms with Crippen LogP contribution in [0.3, 0.4) is 0 Å². The van der Waals surface area contributed by atoms with Crippen LogP contribution in [0.1, 0.15) is 11.3 Å². The van der Waals surface area contributed by atoms with E-state index in [4.69, 9.17) is 27.9 Å². The lowest BCUT2D eigenvalue weighted by Crippen LogP contribution is -2.38. The summed E-state index contributed by atoms with van der Waals surface area (Å²) in [5.74, 6) is 0.612. The number of aromatic nitrogens is 1. The summed E-state index contributed by atoms with van der Waals surface area (Å²) in [4.78, 5) is 17.8. The number of nitrogens with one attached hydrogen (secondary N) is 1. The first-order valence-corrected chi connectivity index (χ1v) is 8.81. The molecule has 0 radical (unpaired) electrons. The van der Waals surface area contributed by atoms with Gasteiger partial charge in [0, 0.05) is 51.7 Å². The molecular weight excluding hydrogens is 359 g/mol.